The van der Waals surface area contributed by atoms with Gasteiger partial charge < -0.3 is 20.1 Å². The lowest BCUT2D eigenvalue weighted by atomic mass is 10.1. The highest BCUT2D eigenvalue weighted by molar-refractivity contribution is 14.0. The van der Waals surface area contributed by atoms with E-state index in [1.807, 2.05) is 6.07 Å². The van der Waals surface area contributed by atoms with Gasteiger partial charge >= 0.3 is 0 Å². The fraction of sp³-hybridized carbons (Fsp3) is 0.588. The van der Waals surface area contributed by atoms with Crippen LogP contribution >= 0.6 is 24.0 Å². The topological polar surface area (TPSA) is 54.9 Å². The Labute approximate surface area is 156 Å². The molecule has 0 amide bonds. The van der Waals surface area contributed by atoms with Crippen molar-refractivity contribution in [2.45, 2.75) is 39.3 Å². The molecule has 1 aromatic carbocycles. The molecule has 5 nitrogen and oxygen atoms in total. The maximum absolute atomic E-state index is 5.63. The van der Waals surface area contributed by atoms with Gasteiger partial charge in [0.25, 0.3) is 0 Å². The van der Waals surface area contributed by atoms with Crippen LogP contribution in [0.4, 0.5) is 0 Å². The largest absolute Gasteiger partial charge is 0.496 e. The summed E-state index contributed by atoms with van der Waals surface area (Å²) >= 11 is 0. The molecule has 1 fully saturated rings. The summed E-state index contributed by atoms with van der Waals surface area (Å²) in [5, 5.41) is 6.62. The number of methoxy groups -OCH3 is 1. The molecule has 2 rings (SSSR count). The first-order valence-corrected chi connectivity index (χ1v) is 8.00. The minimum Gasteiger partial charge on any atom is -0.496 e. The molecule has 23 heavy (non-hydrogen) atoms. The molecule has 0 radical (unpaired) electrons. The van der Waals surface area contributed by atoms with E-state index in [9.17, 15) is 0 Å². The molecular formula is C17H28IN3O2. The number of ether oxygens (including phenoxy) is 2. The highest BCUT2D eigenvalue weighted by Crippen LogP contribution is 2.20. The van der Waals surface area contributed by atoms with Crippen LogP contribution < -0.4 is 15.4 Å². The number of hydrogen-bond acceptors (Lipinski definition) is 3. The number of nitrogens with zero attached hydrogens (tertiary/aromatic N) is 1. The molecule has 1 atom stereocenters. The Bertz CT molecular complexity index is 503. The third kappa shape index (κ3) is 6.55. The summed E-state index contributed by atoms with van der Waals surface area (Å²) in [6, 6.07) is 6.19. The fourth-order valence-corrected chi connectivity index (χ4v) is 2.50. The van der Waals surface area contributed by atoms with Crippen molar-refractivity contribution in [2.75, 3.05) is 26.8 Å². The molecule has 0 saturated carbocycles. The molecule has 2 N–H and O–H groups in total. The molecular weight excluding hydrogens is 405 g/mol. The minimum absolute atomic E-state index is 0. The maximum Gasteiger partial charge on any atom is 0.191 e. The summed E-state index contributed by atoms with van der Waals surface area (Å²) in [6.07, 6.45) is 2.58. The Morgan fingerprint density at radius 1 is 1.39 bits per heavy atom. The molecule has 0 aliphatic carbocycles. The highest BCUT2D eigenvalue weighted by atomic mass is 127. The van der Waals surface area contributed by atoms with E-state index in [4.69, 9.17) is 9.47 Å². The Hall–Kier alpha value is -1.02. The SMILES string of the molecule is CCNC(=NCc1ccc(C)cc1OC)NCC1CCCO1.I. The second-order valence-electron chi connectivity index (χ2n) is 5.53. The van der Waals surface area contributed by atoms with Crippen LogP contribution in [0.5, 0.6) is 5.75 Å². The number of halogens is 1. The van der Waals surface area contributed by atoms with Crippen molar-refractivity contribution in [2.24, 2.45) is 4.99 Å². The molecule has 1 aliphatic heterocycles. The van der Waals surface area contributed by atoms with Gasteiger partial charge in [-0.1, -0.05) is 12.1 Å². The Balaban J connectivity index is 0.00000264. The van der Waals surface area contributed by atoms with Gasteiger partial charge in [-0.15, -0.1) is 24.0 Å². The van der Waals surface area contributed by atoms with Crippen molar-refractivity contribution >= 4 is 29.9 Å². The van der Waals surface area contributed by atoms with E-state index in [1.54, 1.807) is 7.11 Å². The van der Waals surface area contributed by atoms with Gasteiger partial charge in [-0.05, 0) is 38.3 Å². The van der Waals surface area contributed by atoms with Crippen LogP contribution in [0.15, 0.2) is 23.2 Å². The fourth-order valence-electron chi connectivity index (χ4n) is 2.50. The third-order valence-corrected chi connectivity index (χ3v) is 3.72. The first kappa shape index (κ1) is 20.0. The third-order valence-electron chi connectivity index (χ3n) is 3.72. The van der Waals surface area contributed by atoms with Gasteiger partial charge in [0.15, 0.2) is 5.96 Å². The van der Waals surface area contributed by atoms with Crippen LogP contribution in [-0.2, 0) is 11.3 Å². The van der Waals surface area contributed by atoms with Gasteiger partial charge in [-0.25, -0.2) is 4.99 Å². The summed E-state index contributed by atoms with van der Waals surface area (Å²) in [6.45, 7) is 7.22. The van der Waals surface area contributed by atoms with E-state index in [-0.39, 0.29) is 24.0 Å². The number of aryl methyl sites for hydroxylation is 1. The zero-order chi connectivity index (χ0) is 15.8. The summed E-state index contributed by atoms with van der Waals surface area (Å²) in [7, 11) is 1.70. The molecule has 1 saturated heterocycles. The van der Waals surface area contributed by atoms with Crippen molar-refractivity contribution < 1.29 is 9.47 Å². The standard InChI is InChI=1S/C17H27N3O2.HI/c1-4-18-17(20-12-15-6-5-9-22-15)19-11-14-8-7-13(2)10-16(14)21-3;/h7-8,10,15H,4-6,9,11-12H2,1-3H3,(H2,18,19,20);1H. The molecule has 0 aromatic heterocycles. The van der Waals surface area contributed by atoms with Gasteiger partial charge in [-0.2, -0.15) is 0 Å². The number of benzene rings is 1. The van der Waals surface area contributed by atoms with E-state index in [1.165, 1.54) is 5.56 Å². The van der Waals surface area contributed by atoms with Crippen LogP contribution in [0.3, 0.4) is 0 Å². The molecule has 130 valence electrons. The predicted molar refractivity (Wildman–Crippen MR) is 105 cm³/mol. The lowest BCUT2D eigenvalue weighted by molar-refractivity contribution is 0.114. The van der Waals surface area contributed by atoms with Crippen LogP contribution in [0.2, 0.25) is 0 Å². The first-order valence-electron chi connectivity index (χ1n) is 8.00. The van der Waals surface area contributed by atoms with E-state index in [0.717, 1.165) is 49.8 Å². The van der Waals surface area contributed by atoms with Crippen molar-refractivity contribution in [1.82, 2.24) is 10.6 Å². The number of hydrogen-bond donors (Lipinski definition) is 2. The van der Waals surface area contributed by atoms with E-state index in [0.29, 0.717) is 12.6 Å². The lowest BCUT2D eigenvalue weighted by Crippen LogP contribution is -2.41. The molecule has 1 heterocycles. The summed E-state index contributed by atoms with van der Waals surface area (Å²) < 4.78 is 11.1. The zero-order valence-electron chi connectivity index (χ0n) is 14.2. The molecule has 1 unspecified atom stereocenters. The summed E-state index contributed by atoms with van der Waals surface area (Å²) in [5.74, 6) is 1.71. The normalized spacial score (nSPS) is 17.5. The maximum atomic E-state index is 5.63. The second kappa shape index (κ2) is 10.7. The van der Waals surface area contributed by atoms with Crippen LogP contribution in [-0.4, -0.2) is 38.9 Å². The average Bonchev–Trinajstić information content (AvgIpc) is 3.04. The summed E-state index contributed by atoms with van der Waals surface area (Å²) in [4.78, 5) is 4.64. The highest BCUT2D eigenvalue weighted by Gasteiger charge is 2.15. The van der Waals surface area contributed by atoms with E-state index >= 15 is 0 Å². The Morgan fingerprint density at radius 3 is 2.87 bits per heavy atom. The predicted octanol–water partition coefficient (Wildman–Crippen LogP) is 2.86. The molecule has 1 aromatic rings. The Kier molecular flexibility index (Phi) is 9.31. The molecule has 0 bridgehead atoms. The number of aliphatic imine (C=N–C) groups is 1. The zero-order valence-corrected chi connectivity index (χ0v) is 16.6. The van der Waals surface area contributed by atoms with Crippen molar-refractivity contribution in [3.8, 4) is 5.75 Å². The van der Waals surface area contributed by atoms with Crippen molar-refractivity contribution in [1.29, 1.82) is 0 Å². The summed E-state index contributed by atoms with van der Waals surface area (Å²) in [5.41, 5.74) is 2.27. The molecule has 1 aliphatic rings. The van der Waals surface area contributed by atoms with Crippen LogP contribution in [0.25, 0.3) is 0 Å². The van der Waals surface area contributed by atoms with Crippen molar-refractivity contribution in [3.05, 3.63) is 29.3 Å². The Morgan fingerprint density at radius 2 is 2.22 bits per heavy atom. The van der Waals surface area contributed by atoms with Crippen molar-refractivity contribution in [3.63, 3.8) is 0 Å². The van der Waals surface area contributed by atoms with E-state index < -0.39 is 0 Å². The number of rotatable bonds is 6. The average molecular weight is 433 g/mol. The number of nitrogens with one attached hydrogen (secondary N) is 2. The van der Waals surface area contributed by atoms with Crippen LogP contribution in [0, 0.1) is 6.92 Å². The van der Waals surface area contributed by atoms with Crippen LogP contribution in [0.1, 0.15) is 30.9 Å². The van der Waals surface area contributed by atoms with Gasteiger partial charge in [-0.3, -0.25) is 0 Å². The molecule has 6 heteroatoms. The van der Waals surface area contributed by atoms with Gasteiger partial charge in [0, 0.05) is 25.3 Å². The monoisotopic (exact) mass is 433 g/mol. The van der Waals surface area contributed by atoms with Gasteiger partial charge in [0.2, 0.25) is 0 Å². The van der Waals surface area contributed by atoms with Gasteiger partial charge in [0.05, 0.1) is 19.8 Å². The number of guanidine groups is 1. The smallest absolute Gasteiger partial charge is 0.191 e. The van der Waals surface area contributed by atoms with Gasteiger partial charge in [0.1, 0.15) is 5.75 Å². The lowest BCUT2D eigenvalue weighted by Gasteiger charge is -2.15. The van der Waals surface area contributed by atoms with E-state index in [2.05, 4.69) is 41.6 Å². The first-order chi connectivity index (χ1) is 10.7. The second-order valence-corrected chi connectivity index (χ2v) is 5.53. The quantitative estimate of drug-likeness (QED) is 0.412. The minimum atomic E-state index is 0. The molecule has 0 spiro atoms.